The summed E-state index contributed by atoms with van der Waals surface area (Å²) in [6.07, 6.45) is 1.76. The van der Waals surface area contributed by atoms with Gasteiger partial charge in [-0.2, -0.15) is 4.98 Å². The summed E-state index contributed by atoms with van der Waals surface area (Å²) in [5, 5.41) is 8.14. The molecule has 0 spiro atoms. The van der Waals surface area contributed by atoms with E-state index in [0.29, 0.717) is 35.7 Å². The van der Waals surface area contributed by atoms with E-state index in [0.717, 1.165) is 63.9 Å². The quantitative estimate of drug-likeness (QED) is 0.331. The SMILES string of the molecule is CCNC(=NCCc1nc(-c2cccc(Cl)c2)no1)N1CCC(N2CCOCC2)C1.I. The number of hydrogen-bond donors (Lipinski definition) is 1. The van der Waals surface area contributed by atoms with Crippen LogP contribution in [0.15, 0.2) is 33.8 Å². The molecule has 2 aliphatic heterocycles. The second-order valence-electron chi connectivity index (χ2n) is 7.54. The van der Waals surface area contributed by atoms with E-state index in [9.17, 15) is 0 Å². The summed E-state index contributed by atoms with van der Waals surface area (Å²) in [4.78, 5) is 14.2. The van der Waals surface area contributed by atoms with Crippen molar-refractivity contribution in [2.24, 2.45) is 4.99 Å². The number of morpholine rings is 1. The Hall–Kier alpha value is -1.43. The summed E-state index contributed by atoms with van der Waals surface area (Å²) >= 11 is 6.05. The molecule has 2 fully saturated rings. The number of nitrogens with one attached hydrogen (secondary N) is 1. The van der Waals surface area contributed by atoms with Gasteiger partial charge in [-0.15, -0.1) is 24.0 Å². The number of aliphatic imine (C=N–C) groups is 1. The first-order valence-corrected chi connectivity index (χ1v) is 11.0. The number of likely N-dealkylation sites (tertiary alicyclic amines) is 1. The average molecular weight is 561 g/mol. The topological polar surface area (TPSA) is 79.0 Å². The van der Waals surface area contributed by atoms with Crippen LogP contribution in [0.3, 0.4) is 0 Å². The number of aromatic nitrogens is 2. The molecule has 3 heterocycles. The highest BCUT2D eigenvalue weighted by atomic mass is 127. The highest BCUT2D eigenvalue weighted by Gasteiger charge is 2.30. The number of ether oxygens (including phenoxy) is 1. The molecule has 31 heavy (non-hydrogen) atoms. The van der Waals surface area contributed by atoms with Crippen LogP contribution >= 0.6 is 35.6 Å². The normalized spacial score (nSPS) is 20.0. The highest BCUT2D eigenvalue weighted by Crippen LogP contribution is 2.20. The summed E-state index contributed by atoms with van der Waals surface area (Å²) in [5.41, 5.74) is 0.848. The smallest absolute Gasteiger partial charge is 0.228 e. The van der Waals surface area contributed by atoms with Gasteiger partial charge in [0.1, 0.15) is 0 Å². The largest absolute Gasteiger partial charge is 0.379 e. The molecule has 4 rings (SSSR count). The number of nitrogens with zero attached hydrogens (tertiary/aromatic N) is 5. The number of rotatable bonds is 6. The van der Waals surface area contributed by atoms with Crippen LogP contribution in [-0.2, 0) is 11.2 Å². The highest BCUT2D eigenvalue weighted by molar-refractivity contribution is 14.0. The Labute approximate surface area is 205 Å². The third-order valence-corrected chi connectivity index (χ3v) is 5.73. The predicted molar refractivity (Wildman–Crippen MR) is 132 cm³/mol. The van der Waals surface area contributed by atoms with E-state index in [1.807, 2.05) is 24.3 Å². The second-order valence-corrected chi connectivity index (χ2v) is 7.98. The number of halogens is 2. The first kappa shape index (κ1) is 24.2. The van der Waals surface area contributed by atoms with E-state index < -0.39 is 0 Å². The lowest BCUT2D eigenvalue weighted by molar-refractivity contribution is 0.0195. The van der Waals surface area contributed by atoms with Crippen molar-refractivity contribution in [2.75, 3.05) is 52.5 Å². The molecule has 0 aliphatic carbocycles. The molecule has 0 radical (unpaired) electrons. The Bertz CT molecular complexity index is 858. The van der Waals surface area contributed by atoms with Crippen LogP contribution in [0.25, 0.3) is 11.4 Å². The zero-order chi connectivity index (χ0) is 20.8. The summed E-state index contributed by atoms with van der Waals surface area (Å²) in [7, 11) is 0. The van der Waals surface area contributed by atoms with Crippen molar-refractivity contribution >= 4 is 41.5 Å². The fourth-order valence-corrected chi connectivity index (χ4v) is 4.15. The Kier molecular flexibility index (Phi) is 9.36. The van der Waals surface area contributed by atoms with Gasteiger partial charge in [0.05, 0.1) is 19.8 Å². The van der Waals surface area contributed by atoms with Gasteiger partial charge < -0.3 is 19.5 Å². The van der Waals surface area contributed by atoms with Crippen LogP contribution in [0.4, 0.5) is 0 Å². The number of hydrogen-bond acceptors (Lipinski definition) is 6. The zero-order valence-electron chi connectivity index (χ0n) is 17.8. The zero-order valence-corrected chi connectivity index (χ0v) is 20.9. The predicted octanol–water partition coefficient (Wildman–Crippen LogP) is 2.92. The fourth-order valence-electron chi connectivity index (χ4n) is 3.96. The van der Waals surface area contributed by atoms with Crippen LogP contribution in [0.5, 0.6) is 0 Å². The molecule has 1 N–H and O–H groups in total. The van der Waals surface area contributed by atoms with E-state index >= 15 is 0 Å². The first-order valence-electron chi connectivity index (χ1n) is 10.7. The summed E-state index contributed by atoms with van der Waals surface area (Å²) in [6.45, 7) is 9.29. The third kappa shape index (κ3) is 6.53. The standard InChI is InChI=1S/C21H29ClN6O2.HI/c1-2-23-21(28-9-7-18(15-28)27-10-12-29-13-11-27)24-8-6-19-25-20(26-30-19)16-4-3-5-17(22)14-16;/h3-5,14,18H,2,6-13,15H2,1H3,(H,23,24);1H. The van der Waals surface area contributed by atoms with E-state index in [-0.39, 0.29) is 24.0 Å². The molecule has 1 aromatic heterocycles. The lowest BCUT2D eigenvalue weighted by Crippen LogP contribution is -2.46. The van der Waals surface area contributed by atoms with E-state index in [1.165, 1.54) is 0 Å². The molecular formula is C21H30ClIN6O2. The molecule has 0 amide bonds. The Morgan fingerprint density at radius 2 is 2.13 bits per heavy atom. The Morgan fingerprint density at radius 3 is 2.90 bits per heavy atom. The average Bonchev–Trinajstić information content (AvgIpc) is 3.44. The van der Waals surface area contributed by atoms with Gasteiger partial charge in [-0.05, 0) is 25.5 Å². The summed E-state index contributed by atoms with van der Waals surface area (Å²) in [5.74, 6) is 2.09. The van der Waals surface area contributed by atoms with Crippen molar-refractivity contribution in [2.45, 2.75) is 25.8 Å². The van der Waals surface area contributed by atoms with Gasteiger partial charge in [-0.1, -0.05) is 28.9 Å². The van der Waals surface area contributed by atoms with Gasteiger partial charge in [-0.3, -0.25) is 9.89 Å². The Morgan fingerprint density at radius 1 is 1.29 bits per heavy atom. The first-order chi connectivity index (χ1) is 14.7. The fraction of sp³-hybridized carbons (Fsp3) is 0.571. The van der Waals surface area contributed by atoms with Crippen molar-refractivity contribution in [3.8, 4) is 11.4 Å². The molecular weight excluding hydrogens is 531 g/mol. The van der Waals surface area contributed by atoms with Crippen molar-refractivity contribution in [1.29, 1.82) is 0 Å². The molecule has 170 valence electrons. The molecule has 2 aromatic rings. The molecule has 8 nitrogen and oxygen atoms in total. The molecule has 2 saturated heterocycles. The monoisotopic (exact) mass is 560 g/mol. The molecule has 2 aliphatic rings. The maximum Gasteiger partial charge on any atom is 0.228 e. The minimum absolute atomic E-state index is 0. The lowest BCUT2D eigenvalue weighted by Gasteiger charge is -2.32. The van der Waals surface area contributed by atoms with Gasteiger partial charge in [-0.25, -0.2) is 0 Å². The molecule has 10 heteroatoms. The van der Waals surface area contributed by atoms with Gasteiger partial charge in [0.25, 0.3) is 0 Å². The molecule has 0 bridgehead atoms. The van der Waals surface area contributed by atoms with Crippen molar-refractivity contribution in [1.82, 2.24) is 25.3 Å². The number of benzene rings is 1. The molecule has 1 unspecified atom stereocenters. The van der Waals surface area contributed by atoms with Gasteiger partial charge in [0.2, 0.25) is 11.7 Å². The van der Waals surface area contributed by atoms with Crippen molar-refractivity contribution in [3.63, 3.8) is 0 Å². The van der Waals surface area contributed by atoms with E-state index in [4.69, 9.17) is 25.9 Å². The van der Waals surface area contributed by atoms with Crippen LogP contribution in [-0.4, -0.2) is 84.4 Å². The van der Waals surface area contributed by atoms with Crippen LogP contribution < -0.4 is 5.32 Å². The third-order valence-electron chi connectivity index (χ3n) is 5.50. The van der Waals surface area contributed by atoms with E-state index in [1.54, 1.807) is 0 Å². The van der Waals surface area contributed by atoms with Crippen LogP contribution in [0.2, 0.25) is 5.02 Å². The molecule has 1 aromatic carbocycles. The molecule has 1 atom stereocenters. The van der Waals surface area contributed by atoms with Gasteiger partial charge in [0, 0.05) is 55.8 Å². The summed E-state index contributed by atoms with van der Waals surface area (Å²) < 4.78 is 10.9. The van der Waals surface area contributed by atoms with Gasteiger partial charge in [0.15, 0.2) is 5.96 Å². The Balaban J connectivity index is 0.00000272. The van der Waals surface area contributed by atoms with Crippen LogP contribution in [0, 0.1) is 0 Å². The number of guanidine groups is 1. The second kappa shape index (κ2) is 12.0. The van der Waals surface area contributed by atoms with Crippen molar-refractivity contribution < 1.29 is 9.26 Å². The molecule has 0 saturated carbocycles. The van der Waals surface area contributed by atoms with Crippen molar-refractivity contribution in [3.05, 3.63) is 35.2 Å². The minimum Gasteiger partial charge on any atom is -0.379 e. The maximum atomic E-state index is 6.05. The minimum atomic E-state index is 0. The van der Waals surface area contributed by atoms with Gasteiger partial charge >= 0.3 is 0 Å². The van der Waals surface area contributed by atoms with E-state index in [2.05, 4.69) is 32.2 Å². The summed E-state index contributed by atoms with van der Waals surface area (Å²) in [6, 6.07) is 8.02. The maximum absolute atomic E-state index is 6.05. The van der Waals surface area contributed by atoms with Crippen LogP contribution in [0.1, 0.15) is 19.2 Å². The lowest BCUT2D eigenvalue weighted by atomic mass is 10.2.